The van der Waals surface area contributed by atoms with E-state index in [4.69, 9.17) is 9.97 Å². The van der Waals surface area contributed by atoms with E-state index in [2.05, 4.69) is 5.32 Å². The number of carbonyl (C=O) groups excluding carboxylic acids is 1. The minimum Gasteiger partial charge on any atom is -0.349 e. The number of amides is 1. The van der Waals surface area contributed by atoms with Crippen molar-refractivity contribution >= 4 is 17.7 Å². The molecule has 166 valence electrons. The van der Waals surface area contributed by atoms with E-state index in [0.29, 0.717) is 11.6 Å². The normalized spacial score (nSPS) is 12.7. The van der Waals surface area contributed by atoms with Gasteiger partial charge < -0.3 is 5.32 Å². The number of thioether (sulfide) groups is 1. The molecule has 0 saturated heterocycles. The van der Waals surface area contributed by atoms with E-state index in [-0.39, 0.29) is 17.2 Å². The molecule has 0 aliphatic carbocycles. The van der Waals surface area contributed by atoms with Crippen LogP contribution in [0.15, 0.2) is 102 Å². The Morgan fingerprint density at radius 3 is 1.79 bits per heavy atom. The maximum Gasteiger partial charge on any atom is 0.234 e. The lowest BCUT2D eigenvalue weighted by molar-refractivity contribution is -0.121. The third-order valence-corrected chi connectivity index (χ3v) is 6.64. The van der Waals surface area contributed by atoms with Gasteiger partial charge in [0.15, 0.2) is 5.16 Å². The molecule has 1 heterocycles. The highest BCUT2D eigenvalue weighted by Crippen LogP contribution is 2.30. The van der Waals surface area contributed by atoms with Crippen LogP contribution in [-0.2, 0) is 4.79 Å². The quantitative estimate of drug-likeness (QED) is 0.242. The Hall–Kier alpha value is -3.44. The van der Waals surface area contributed by atoms with E-state index in [1.165, 1.54) is 11.8 Å². The van der Waals surface area contributed by atoms with Gasteiger partial charge >= 0.3 is 0 Å². The molecule has 4 nitrogen and oxygen atoms in total. The maximum atomic E-state index is 13.1. The van der Waals surface area contributed by atoms with Crippen molar-refractivity contribution in [3.63, 3.8) is 0 Å². The van der Waals surface area contributed by atoms with Crippen LogP contribution in [0.25, 0.3) is 22.5 Å². The summed E-state index contributed by atoms with van der Waals surface area (Å²) in [4.78, 5) is 22.7. The monoisotopic (exact) mass is 453 g/mol. The Labute approximate surface area is 199 Å². The maximum absolute atomic E-state index is 13.1. The van der Waals surface area contributed by atoms with Crippen molar-refractivity contribution in [1.29, 1.82) is 0 Å². The topological polar surface area (TPSA) is 54.9 Å². The van der Waals surface area contributed by atoms with E-state index < -0.39 is 0 Å². The molecular formula is C28H27N3OS. The molecule has 3 aromatic carbocycles. The van der Waals surface area contributed by atoms with Crippen LogP contribution in [0, 0.1) is 0 Å². The number of carbonyl (C=O) groups is 1. The summed E-state index contributed by atoms with van der Waals surface area (Å²) >= 11 is 1.42. The molecule has 4 aromatic rings. The van der Waals surface area contributed by atoms with Gasteiger partial charge in [-0.1, -0.05) is 110 Å². The molecule has 0 bridgehead atoms. The zero-order valence-corrected chi connectivity index (χ0v) is 19.6. The third-order valence-electron chi connectivity index (χ3n) is 5.41. The lowest BCUT2D eigenvalue weighted by Crippen LogP contribution is -2.34. The fourth-order valence-electron chi connectivity index (χ4n) is 3.57. The van der Waals surface area contributed by atoms with Gasteiger partial charge in [-0.2, -0.15) is 0 Å². The van der Waals surface area contributed by atoms with E-state index >= 15 is 0 Å². The standard InChI is InChI=1S/C28H27N3OS/c1-3-26(27(32)29-20(2)21-13-7-4-8-14-21)33-28-30-24(22-15-9-5-10-16-22)19-25(31-28)23-17-11-6-12-18-23/h4-20,26H,3H2,1-2H3,(H,29,32)/t20-,26+/m1/s1. The Morgan fingerprint density at radius 1 is 0.818 bits per heavy atom. The molecule has 33 heavy (non-hydrogen) atoms. The van der Waals surface area contributed by atoms with Crippen LogP contribution < -0.4 is 5.32 Å². The first kappa shape index (κ1) is 22.7. The second-order valence-electron chi connectivity index (χ2n) is 7.81. The van der Waals surface area contributed by atoms with Crippen LogP contribution in [0.1, 0.15) is 31.9 Å². The van der Waals surface area contributed by atoms with Gasteiger partial charge in [-0.3, -0.25) is 4.79 Å². The first-order chi connectivity index (χ1) is 16.1. The number of rotatable bonds is 8. The van der Waals surface area contributed by atoms with Crippen LogP contribution >= 0.6 is 11.8 Å². The van der Waals surface area contributed by atoms with E-state index in [9.17, 15) is 4.79 Å². The average molecular weight is 454 g/mol. The zero-order valence-electron chi connectivity index (χ0n) is 18.8. The van der Waals surface area contributed by atoms with Gasteiger partial charge in [-0.15, -0.1) is 0 Å². The first-order valence-corrected chi connectivity index (χ1v) is 12.0. The van der Waals surface area contributed by atoms with Gasteiger partial charge in [0.05, 0.1) is 22.7 Å². The number of nitrogens with zero attached hydrogens (tertiary/aromatic N) is 2. The molecule has 5 heteroatoms. The summed E-state index contributed by atoms with van der Waals surface area (Å²) in [6.45, 7) is 4.02. The largest absolute Gasteiger partial charge is 0.349 e. The number of hydrogen-bond acceptors (Lipinski definition) is 4. The molecule has 0 saturated carbocycles. The summed E-state index contributed by atoms with van der Waals surface area (Å²) in [6.07, 6.45) is 0.678. The summed E-state index contributed by atoms with van der Waals surface area (Å²) < 4.78 is 0. The summed E-state index contributed by atoms with van der Waals surface area (Å²) in [6, 6.07) is 32.1. The van der Waals surface area contributed by atoms with E-state index in [0.717, 1.165) is 28.1 Å². The molecule has 0 aliphatic heterocycles. The van der Waals surface area contributed by atoms with Crippen LogP contribution in [0.4, 0.5) is 0 Å². The summed E-state index contributed by atoms with van der Waals surface area (Å²) in [5, 5.41) is 3.46. The molecule has 0 radical (unpaired) electrons. The molecule has 4 rings (SSSR count). The van der Waals surface area contributed by atoms with Crippen molar-refractivity contribution in [2.24, 2.45) is 0 Å². The van der Waals surface area contributed by atoms with Gasteiger partial charge in [0, 0.05) is 11.1 Å². The molecule has 1 aromatic heterocycles. The SMILES string of the molecule is CC[C@H](Sc1nc(-c2ccccc2)cc(-c2ccccc2)n1)C(=O)N[C@H](C)c1ccccc1. The van der Waals surface area contributed by atoms with Crippen LogP contribution in [0.3, 0.4) is 0 Å². The highest BCUT2D eigenvalue weighted by atomic mass is 32.2. The molecule has 0 aliphatic rings. The van der Waals surface area contributed by atoms with Crippen LogP contribution in [0.5, 0.6) is 0 Å². The second kappa shape index (κ2) is 10.9. The Kier molecular flexibility index (Phi) is 7.53. The molecule has 1 N–H and O–H groups in total. The molecule has 0 fully saturated rings. The highest BCUT2D eigenvalue weighted by molar-refractivity contribution is 8.00. The zero-order chi connectivity index (χ0) is 23.0. The van der Waals surface area contributed by atoms with Gasteiger partial charge in [-0.25, -0.2) is 9.97 Å². The Morgan fingerprint density at radius 2 is 1.30 bits per heavy atom. The average Bonchev–Trinajstić information content (AvgIpc) is 2.88. The number of aromatic nitrogens is 2. The molecule has 2 atom stereocenters. The van der Waals surface area contributed by atoms with Gasteiger partial charge in [-0.05, 0) is 25.0 Å². The van der Waals surface area contributed by atoms with Crippen LogP contribution in [-0.4, -0.2) is 21.1 Å². The van der Waals surface area contributed by atoms with Gasteiger partial charge in [0.2, 0.25) is 5.91 Å². The van der Waals surface area contributed by atoms with Crippen molar-refractivity contribution in [3.05, 3.63) is 103 Å². The fraction of sp³-hybridized carbons (Fsp3) is 0.179. The number of nitrogens with one attached hydrogen (secondary N) is 1. The van der Waals surface area contributed by atoms with Gasteiger partial charge in [0.1, 0.15) is 0 Å². The molecular weight excluding hydrogens is 426 g/mol. The second-order valence-corrected chi connectivity index (χ2v) is 8.98. The molecule has 0 spiro atoms. The van der Waals surface area contributed by atoms with Gasteiger partial charge in [0.25, 0.3) is 0 Å². The summed E-state index contributed by atoms with van der Waals surface area (Å²) in [5.74, 6) is -0.00571. The lowest BCUT2D eigenvalue weighted by atomic mass is 10.1. The number of benzene rings is 3. The van der Waals surface area contributed by atoms with Crippen molar-refractivity contribution < 1.29 is 4.79 Å². The van der Waals surface area contributed by atoms with Crippen LogP contribution in [0.2, 0.25) is 0 Å². The predicted octanol–water partition coefficient (Wildman–Crippen LogP) is 6.56. The molecule has 1 amide bonds. The summed E-state index contributed by atoms with van der Waals surface area (Å²) in [5.41, 5.74) is 4.82. The van der Waals surface area contributed by atoms with Crippen molar-refractivity contribution in [3.8, 4) is 22.5 Å². The van der Waals surface area contributed by atoms with E-state index in [1.807, 2.05) is 111 Å². The minimum absolute atomic E-state index is 0.00571. The predicted molar refractivity (Wildman–Crippen MR) is 136 cm³/mol. The number of hydrogen-bond donors (Lipinski definition) is 1. The Balaban J connectivity index is 1.60. The summed E-state index contributed by atoms with van der Waals surface area (Å²) in [7, 11) is 0. The van der Waals surface area contributed by atoms with Crippen molar-refractivity contribution in [1.82, 2.24) is 15.3 Å². The highest BCUT2D eigenvalue weighted by Gasteiger charge is 2.22. The fourth-order valence-corrected chi connectivity index (χ4v) is 4.47. The first-order valence-electron chi connectivity index (χ1n) is 11.2. The minimum atomic E-state index is -0.286. The third kappa shape index (κ3) is 5.88. The van der Waals surface area contributed by atoms with E-state index in [1.54, 1.807) is 0 Å². The lowest BCUT2D eigenvalue weighted by Gasteiger charge is -2.19. The van der Waals surface area contributed by atoms with Crippen molar-refractivity contribution in [2.75, 3.05) is 0 Å². The molecule has 0 unspecified atom stereocenters. The van der Waals surface area contributed by atoms with Crippen molar-refractivity contribution in [2.45, 2.75) is 36.7 Å². The smallest absolute Gasteiger partial charge is 0.234 e. The Bertz CT molecular complexity index is 1130.